The van der Waals surface area contributed by atoms with Gasteiger partial charge < -0.3 is 9.47 Å². The Balaban J connectivity index is 2.33. The lowest BCUT2D eigenvalue weighted by atomic mass is 9.98. The second kappa shape index (κ2) is 7.75. The normalized spacial score (nSPS) is 16.5. The number of methoxy groups -OCH3 is 1. The molecule has 0 N–H and O–H groups in total. The Morgan fingerprint density at radius 1 is 1.33 bits per heavy atom. The minimum atomic E-state index is -0.310. The highest BCUT2D eigenvalue weighted by atomic mass is 32.2. The lowest BCUT2D eigenvalue weighted by molar-refractivity contribution is -0.137. The number of carbonyl (C=O) groups excluding carboxylic acids is 1. The van der Waals surface area contributed by atoms with Crippen molar-refractivity contribution in [3.8, 4) is 5.75 Å². The second-order valence-electron chi connectivity index (χ2n) is 6.14. The third-order valence-corrected chi connectivity index (χ3v) is 4.75. The first-order valence-electron chi connectivity index (χ1n) is 7.98. The van der Waals surface area contributed by atoms with Gasteiger partial charge in [-0.1, -0.05) is 18.2 Å². The van der Waals surface area contributed by atoms with Crippen molar-refractivity contribution in [1.82, 2.24) is 0 Å². The van der Waals surface area contributed by atoms with E-state index in [1.807, 2.05) is 36.9 Å². The Kier molecular flexibility index (Phi) is 5.94. The predicted octanol–water partition coefficient (Wildman–Crippen LogP) is 5.03. The molecule has 0 radical (unpaired) electrons. The quantitative estimate of drug-likeness (QED) is 0.426. The second-order valence-corrected chi connectivity index (χ2v) is 7.84. The maximum Gasteiger partial charge on any atom is 0.330 e. The van der Waals surface area contributed by atoms with E-state index < -0.39 is 0 Å². The zero-order chi connectivity index (χ0) is 17.7. The van der Waals surface area contributed by atoms with Gasteiger partial charge in [0, 0.05) is 15.7 Å². The first kappa shape index (κ1) is 18.4. The first-order chi connectivity index (χ1) is 11.3. The van der Waals surface area contributed by atoms with Crippen molar-refractivity contribution >= 4 is 23.3 Å². The van der Waals surface area contributed by atoms with Crippen LogP contribution in [0.25, 0.3) is 5.57 Å². The Morgan fingerprint density at radius 3 is 2.75 bits per heavy atom. The highest BCUT2D eigenvalue weighted by molar-refractivity contribution is 8.01. The van der Waals surface area contributed by atoms with E-state index in [1.54, 1.807) is 14.0 Å². The summed E-state index contributed by atoms with van der Waals surface area (Å²) in [6, 6.07) is 6.14. The maximum absolute atomic E-state index is 11.5. The Hall–Kier alpha value is -1.94. The van der Waals surface area contributed by atoms with E-state index in [0.717, 1.165) is 22.5 Å². The van der Waals surface area contributed by atoms with Gasteiger partial charge in [0.1, 0.15) is 5.75 Å². The molecule has 0 aliphatic carbocycles. The number of hydrogen-bond acceptors (Lipinski definition) is 4. The number of carbonyl (C=O) groups is 1. The van der Waals surface area contributed by atoms with E-state index in [1.165, 1.54) is 11.0 Å². The van der Waals surface area contributed by atoms with E-state index in [2.05, 4.69) is 32.1 Å². The Bertz CT molecular complexity index is 712. The summed E-state index contributed by atoms with van der Waals surface area (Å²) in [5.41, 5.74) is 3.14. The number of allylic oxidation sites excluding steroid dienone is 4. The summed E-state index contributed by atoms with van der Waals surface area (Å²) in [6.45, 7) is 8.47. The van der Waals surface area contributed by atoms with Crippen molar-refractivity contribution in [3.63, 3.8) is 0 Å². The monoisotopic (exact) mass is 344 g/mol. The molecule has 0 spiro atoms. The van der Waals surface area contributed by atoms with Gasteiger partial charge in [-0.05, 0) is 62.6 Å². The molecule has 0 saturated carbocycles. The summed E-state index contributed by atoms with van der Waals surface area (Å²) in [4.78, 5) is 12.8. The number of esters is 1. The molecule has 1 heterocycles. The van der Waals surface area contributed by atoms with Crippen LogP contribution in [0.2, 0.25) is 0 Å². The smallest absolute Gasteiger partial charge is 0.330 e. The molecule has 0 aromatic heterocycles. The third-order valence-electron chi connectivity index (χ3n) is 3.53. The summed E-state index contributed by atoms with van der Waals surface area (Å²) in [5, 5.41) is 0. The van der Waals surface area contributed by atoms with E-state index in [9.17, 15) is 4.79 Å². The number of benzene rings is 1. The van der Waals surface area contributed by atoms with Crippen molar-refractivity contribution in [3.05, 3.63) is 53.6 Å². The highest BCUT2D eigenvalue weighted by Crippen LogP contribution is 2.45. The van der Waals surface area contributed by atoms with Gasteiger partial charge >= 0.3 is 5.97 Å². The molecule has 1 aromatic rings. The van der Waals surface area contributed by atoms with Crippen LogP contribution in [-0.4, -0.2) is 24.4 Å². The minimum absolute atomic E-state index is 0.0139. The van der Waals surface area contributed by atoms with Crippen molar-refractivity contribution in [2.45, 2.75) is 37.3 Å². The molecule has 0 atom stereocenters. The van der Waals surface area contributed by atoms with Gasteiger partial charge in [0.2, 0.25) is 0 Å². The van der Waals surface area contributed by atoms with E-state index >= 15 is 0 Å². The fourth-order valence-electron chi connectivity index (χ4n) is 2.49. The van der Waals surface area contributed by atoms with Crippen LogP contribution in [0.5, 0.6) is 5.75 Å². The molecular formula is C20H24O3S. The van der Waals surface area contributed by atoms with Gasteiger partial charge in [-0.25, -0.2) is 4.79 Å². The molecule has 1 aromatic carbocycles. The van der Waals surface area contributed by atoms with Gasteiger partial charge in [0.25, 0.3) is 0 Å². The molecule has 1 aliphatic rings. The van der Waals surface area contributed by atoms with Crippen molar-refractivity contribution in [1.29, 1.82) is 0 Å². The molecule has 1 aliphatic heterocycles. The summed E-state index contributed by atoms with van der Waals surface area (Å²) in [5.74, 6) is 0.530. The van der Waals surface area contributed by atoms with Crippen LogP contribution in [0.3, 0.4) is 0 Å². The molecule has 0 fully saturated rings. The van der Waals surface area contributed by atoms with E-state index in [0.29, 0.717) is 6.61 Å². The van der Waals surface area contributed by atoms with Crippen molar-refractivity contribution in [2.24, 2.45) is 0 Å². The highest BCUT2D eigenvalue weighted by Gasteiger charge is 2.25. The van der Waals surface area contributed by atoms with Crippen LogP contribution in [0, 0.1) is 0 Å². The minimum Gasteiger partial charge on any atom is -0.497 e. The largest absolute Gasteiger partial charge is 0.497 e. The van der Waals surface area contributed by atoms with Crippen LogP contribution in [0.15, 0.2) is 53.0 Å². The van der Waals surface area contributed by atoms with Crippen LogP contribution in [-0.2, 0) is 9.53 Å². The zero-order valence-electron chi connectivity index (χ0n) is 14.9. The molecule has 24 heavy (non-hydrogen) atoms. The average Bonchev–Trinajstić information content (AvgIpc) is 2.51. The number of thioether (sulfide) groups is 1. The molecule has 0 amide bonds. The van der Waals surface area contributed by atoms with Gasteiger partial charge in [-0.3, -0.25) is 0 Å². The molecule has 4 heteroatoms. The van der Waals surface area contributed by atoms with Crippen LogP contribution >= 0.6 is 11.8 Å². The number of ether oxygens (including phenoxy) is 2. The summed E-state index contributed by atoms with van der Waals surface area (Å²) >= 11 is 1.83. The topological polar surface area (TPSA) is 35.5 Å². The molecular weight excluding hydrogens is 320 g/mol. The summed E-state index contributed by atoms with van der Waals surface area (Å²) < 4.78 is 10.3. The molecule has 0 saturated heterocycles. The van der Waals surface area contributed by atoms with Gasteiger partial charge in [0.05, 0.1) is 13.7 Å². The van der Waals surface area contributed by atoms with E-state index in [4.69, 9.17) is 9.47 Å². The number of rotatable bonds is 5. The average molecular weight is 344 g/mol. The van der Waals surface area contributed by atoms with Crippen LogP contribution in [0.1, 0.15) is 33.3 Å². The lowest BCUT2D eigenvalue weighted by Gasteiger charge is -2.28. The van der Waals surface area contributed by atoms with Crippen molar-refractivity contribution < 1.29 is 14.3 Å². The first-order valence-corrected chi connectivity index (χ1v) is 8.79. The summed E-state index contributed by atoms with van der Waals surface area (Å²) in [6.07, 6.45) is 7.74. The van der Waals surface area contributed by atoms with E-state index in [-0.39, 0.29) is 10.7 Å². The van der Waals surface area contributed by atoms with Crippen molar-refractivity contribution in [2.75, 3.05) is 13.7 Å². The fourth-order valence-corrected chi connectivity index (χ4v) is 3.67. The fraction of sp³-hybridized carbons (Fsp3) is 0.350. The lowest BCUT2D eigenvalue weighted by Crippen LogP contribution is -2.15. The number of hydrogen-bond donors (Lipinski definition) is 0. The Labute approximate surface area is 148 Å². The standard InChI is InChI=1S/C20H24O3S/c1-6-23-19(21)11-14(2)7-8-15-13-20(3,4)24-18-10-9-16(22-5)12-17(15)18/h7-13H,6H2,1-5H3/b8-7+,14-11+. The van der Waals surface area contributed by atoms with Crippen LogP contribution in [0.4, 0.5) is 0 Å². The van der Waals surface area contributed by atoms with Gasteiger partial charge in [-0.2, -0.15) is 0 Å². The molecule has 0 bridgehead atoms. The predicted molar refractivity (Wildman–Crippen MR) is 100 cm³/mol. The SMILES string of the molecule is CCOC(=O)/C=C(C)/C=C/C1=CC(C)(C)Sc2ccc(OC)cc21. The molecule has 128 valence electrons. The number of fused-ring (bicyclic) bond motifs is 1. The Morgan fingerprint density at radius 2 is 2.08 bits per heavy atom. The van der Waals surface area contributed by atoms with Crippen LogP contribution < -0.4 is 4.74 Å². The van der Waals surface area contributed by atoms with Gasteiger partial charge in [-0.15, -0.1) is 11.8 Å². The maximum atomic E-state index is 11.5. The molecule has 2 rings (SSSR count). The summed E-state index contributed by atoms with van der Waals surface area (Å²) in [7, 11) is 1.67. The molecule has 0 unspecified atom stereocenters. The molecule has 3 nitrogen and oxygen atoms in total. The zero-order valence-corrected chi connectivity index (χ0v) is 15.7. The van der Waals surface area contributed by atoms with Gasteiger partial charge in [0.15, 0.2) is 0 Å². The third kappa shape index (κ3) is 4.78.